The van der Waals surface area contributed by atoms with Crippen LogP contribution in [0.5, 0.6) is 0 Å². The second-order valence-corrected chi connectivity index (χ2v) is 5.47. The molecule has 0 aliphatic carbocycles. The first-order valence-corrected chi connectivity index (χ1v) is 5.92. The second-order valence-electron chi connectivity index (χ2n) is 5.47. The van der Waals surface area contributed by atoms with Crippen molar-refractivity contribution in [2.24, 2.45) is 5.41 Å². The van der Waals surface area contributed by atoms with E-state index in [1.165, 1.54) is 0 Å². The molecule has 2 nitrogen and oxygen atoms in total. The Kier molecular flexibility index (Phi) is 3.23. The Morgan fingerprint density at radius 2 is 1.71 bits per heavy atom. The lowest BCUT2D eigenvalue weighted by Gasteiger charge is -2.17. The van der Waals surface area contributed by atoms with Crippen molar-refractivity contribution >= 4 is 0 Å². The predicted octanol–water partition coefficient (Wildman–Crippen LogP) is 3.73. The van der Waals surface area contributed by atoms with Gasteiger partial charge in [-0.2, -0.15) is 0 Å². The van der Waals surface area contributed by atoms with E-state index in [1.807, 2.05) is 24.3 Å². The predicted molar refractivity (Wildman–Crippen MR) is 70.6 cm³/mol. The lowest BCUT2D eigenvalue weighted by atomic mass is 9.90. The van der Waals surface area contributed by atoms with Crippen LogP contribution in [-0.4, -0.2) is 9.97 Å². The minimum absolute atomic E-state index is 0.260. The first-order valence-electron chi connectivity index (χ1n) is 5.92. The summed E-state index contributed by atoms with van der Waals surface area (Å²) in [4.78, 5) is 8.99. The molecule has 0 atom stereocenters. The van der Waals surface area contributed by atoms with Crippen molar-refractivity contribution in [3.8, 4) is 11.4 Å². The van der Waals surface area contributed by atoms with Crippen LogP contribution >= 0.6 is 0 Å². The van der Waals surface area contributed by atoms with Crippen LogP contribution in [0.4, 0.5) is 0 Å². The van der Waals surface area contributed by atoms with Crippen LogP contribution in [0.25, 0.3) is 11.4 Å². The van der Waals surface area contributed by atoms with Crippen LogP contribution in [0.15, 0.2) is 42.6 Å². The zero-order valence-electron chi connectivity index (χ0n) is 10.6. The van der Waals surface area contributed by atoms with E-state index >= 15 is 0 Å². The van der Waals surface area contributed by atoms with Crippen molar-refractivity contribution < 1.29 is 0 Å². The minimum atomic E-state index is 0.260. The Balaban J connectivity index is 2.29. The number of rotatable bonds is 2. The summed E-state index contributed by atoms with van der Waals surface area (Å²) in [7, 11) is 0. The molecule has 0 aliphatic heterocycles. The van der Waals surface area contributed by atoms with Crippen LogP contribution in [0.1, 0.15) is 26.5 Å². The van der Waals surface area contributed by atoms with E-state index in [1.54, 1.807) is 6.20 Å². The highest BCUT2D eigenvalue weighted by Crippen LogP contribution is 2.21. The standard InChI is InChI=1S/C15H18N2/c1-15(2,3)11-12-7-6-9-14(17-12)13-8-4-5-10-16-13/h4-10H,11H2,1-3H3. The maximum Gasteiger partial charge on any atom is 0.0889 e. The fourth-order valence-corrected chi connectivity index (χ4v) is 1.78. The van der Waals surface area contributed by atoms with Crippen molar-refractivity contribution in [1.29, 1.82) is 0 Å². The highest BCUT2D eigenvalue weighted by atomic mass is 14.8. The highest BCUT2D eigenvalue weighted by Gasteiger charge is 2.12. The van der Waals surface area contributed by atoms with E-state index in [4.69, 9.17) is 0 Å². The van der Waals surface area contributed by atoms with Crippen LogP contribution in [0, 0.1) is 5.41 Å². The van der Waals surface area contributed by atoms with Gasteiger partial charge in [0.05, 0.1) is 11.4 Å². The Morgan fingerprint density at radius 1 is 0.941 bits per heavy atom. The topological polar surface area (TPSA) is 25.8 Å². The molecule has 0 bridgehead atoms. The number of hydrogen-bond donors (Lipinski definition) is 0. The van der Waals surface area contributed by atoms with E-state index in [9.17, 15) is 0 Å². The molecule has 2 aromatic rings. The Morgan fingerprint density at radius 3 is 2.35 bits per heavy atom. The molecule has 0 radical (unpaired) electrons. The van der Waals surface area contributed by atoms with Gasteiger partial charge in [-0.3, -0.25) is 9.97 Å². The van der Waals surface area contributed by atoms with Crippen molar-refractivity contribution in [3.05, 3.63) is 48.3 Å². The van der Waals surface area contributed by atoms with Gasteiger partial charge in [0.1, 0.15) is 0 Å². The Hall–Kier alpha value is -1.70. The van der Waals surface area contributed by atoms with Crippen LogP contribution < -0.4 is 0 Å². The molecular weight excluding hydrogens is 208 g/mol. The van der Waals surface area contributed by atoms with Gasteiger partial charge in [0.15, 0.2) is 0 Å². The molecule has 0 aromatic carbocycles. The molecule has 2 aromatic heterocycles. The van der Waals surface area contributed by atoms with Gasteiger partial charge in [-0.25, -0.2) is 0 Å². The molecule has 88 valence electrons. The average molecular weight is 226 g/mol. The SMILES string of the molecule is CC(C)(C)Cc1cccc(-c2ccccn2)n1. The monoisotopic (exact) mass is 226 g/mol. The van der Waals surface area contributed by atoms with Gasteiger partial charge in [0, 0.05) is 11.9 Å². The summed E-state index contributed by atoms with van der Waals surface area (Å²) in [6.45, 7) is 6.67. The minimum Gasteiger partial charge on any atom is -0.255 e. The maximum absolute atomic E-state index is 4.67. The third-order valence-corrected chi connectivity index (χ3v) is 2.45. The molecule has 17 heavy (non-hydrogen) atoms. The molecule has 0 saturated heterocycles. The average Bonchev–Trinajstić information content (AvgIpc) is 2.28. The molecule has 0 N–H and O–H groups in total. The smallest absolute Gasteiger partial charge is 0.0889 e. The molecule has 0 fully saturated rings. The van der Waals surface area contributed by atoms with Crippen LogP contribution in [-0.2, 0) is 6.42 Å². The number of hydrogen-bond acceptors (Lipinski definition) is 2. The third kappa shape index (κ3) is 3.38. The first kappa shape index (κ1) is 11.8. The maximum atomic E-state index is 4.67. The van der Waals surface area contributed by atoms with Gasteiger partial charge in [0.25, 0.3) is 0 Å². The summed E-state index contributed by atoms with van der Waals surface area (Å²) >= 11 is 0. The van der Waals surface area contributed by atoms with Gasteiger partial charge in [-0.05, 0) is 36.1 Å². The second kappa shape index (κ2) is 4.66. The van der Waals surface area contributed by atoms with Crippen molar-refractivity contribution in [2.75, 3.05) is 0 Å². The fraction of sp³-hybridized carbons (Fsp3) is 0.333. The van der Waals surface area contributed by atoms with Crippen LogP contribution in [0.2, 0.25) is 0 Å². The van der Waals surface area contributed by atoms with E-state index in [0.717, 1.165) is 23.5 Å². The van der Waals surface area contributed by atoms with Gasteiger partial charge >= 0.3 is 0 Å². The largest absolute Gasteiger partial charge is 0.255 e. The molecule has 2 heteroatoms. The van der Waals surface area contributed by atoms with Gasteiger partial charge < -0.3 is 0 Å². The molecular formula is C15H18N2. The lowest BCUT2D eigenvalue weighted by Crippen LogP contribution is -2.10. The van der Waals surface area contributed by atoms with Gasteiger partial charge in [0.2, 0.25) is 0 Å². The zero-order valence-corrected chi connectivity index (χ0v) is 10.6. The molecule has 2 rings (SSSR count). The van der Waals surface area contributed by atoms with E-state index in [2.05, 4.69) is 42.9 Å². The summed E-state index contributed by atoms with van der Waals surface area (Å²) < 4.78 is 0. The molecule has 0 amide bonds. The molecule has 0 unspecified atom stereocenters. The van der Waals surface area contributed by atoms with Gasteiger partial charge in [-0.1, -0.05) is 32.9 Å². The van der Waals surface area contributed by atoms with E-state index < -0.39 is 0 Å². The number of nitrogens with zero attached hydrogens (tertiary/aromatic N) is 2. The summed E-state index contributed by atoms with van der Waals surface area (Å²) in [5, 5.41) is 0. The molecule has 2 heterocycles. The van der Waals surface area contributed by atoms with E-state index in [0.29, 0.717) is 0 Å². The van der Waals surface area contributed by atoms with Crippen LogP contribution in [0.3, 0.4) is 0 Å². The first-order chi connectivity index (χ1) is 8.04. The van der Waals surface area contributed by atoms with E-state index in [-0.39, 0.29) is 5.41 Å². The number of aromatic nitrogens is 2. The lowest BCUT2D eigenvalue weighted by molar-refractivity contribution is 0.406. The third-order valence-electron chi connectivity index (χ3n) is 2.45. The van der Waals surface area contributed by atoms with Crippen molar-refractivity contribution in [2.45, 2.75) is 27.2 Å². The summed E-state index contributed by atoms with van der Waals surface area (Å²) in [6.07, 6.45) is 2.78. The highest BCUT2D eigenvalue weighted by molar-refractivity contribution is 5.53. The summed E-state index contributed by atoms with van der Waals surface area (Å²) in [5.74, 6) is 0. The Labute approximate surface area is 103 Å². The zero-order chi connectivity index (χ0) is 12.3. The fourth-order valence-electron chi connectivity index (χ4n) is 1.78. The molecule has 0 aliphatic rings. The Bertz CT molecular complexity index is 484. The molecule has 0 spiro atoms. The van der Waals surface area contributed by atoms with Crippen molar-refractivity contribution in [1.82, 2.24) is 9.97 Å². The number of pyridine rings is 2. The normalized spacial score (nSPS) is 11.5. The van der Waals surface area contributed by atoms with Crippen molar-refractivity contribution in [3.63, 3.8) is 0 Å². The summed E-state index contributed by atoms with van der Waals surface area (Å²) in [5.41, 5.74) is 3.27. The van der Waals surface area contributed by atoms with Gasteiger partial charge in [-0.15, -0.1) is 0 Å². The quantitative estimate of drug-likeness (QED) is 0.779. The molecule has 0 saturated carbocycles. The summed E-state index contributed by atoms with van der Waals surface area (Å²) in [6, 6.07) is 12.0.